The van der Waals surface area contributed by atoms with Crippen molar-refractivity contribution in [3.05, 3.63) is 29.7 Å². The van der Waals surface area contributed by atoms with E-state index in [0.717, 1.165) is 6.10 Å². The van der Waals surface area contributed by atoms with Crippen LogP contribution in [0.1, 0.15) is 26.5 Å². The Labute approximate surface area is 176 Å². The summed E-state index contributed by atoms with van der Waals surface area (Å²) in [5.41, 5.74) is 8.55. The molecule has 125 valence electrons. The van der Waals surface area contributed by atoms with Crippen LogP contribution in [0.15, 0.2) is 6.33 Å². The van der Waals surface area contributed by atoms with E-state index in [1.165, 1.54) is 0 Å². The summed E-state index contributed by atoms with van der Waals surface area (Å²) < 4.78 is 13.2. The Kier molecular flexibility index (Phi) is 8.43. The maximum Gasteiger partial charge on any atom is 2.00 e. The molecule has 3 rings (SSSR count). The van der Waals surface area contributed by atoms with Crippen molar-refractivity contribution < 1.29 is 60.7 Å². The van der Waals surface area contributed by atoms with Gasteiger partial charge in [-0.15, -0.1) is 6.42 Å². The number of nitrogens with one attached hydrogen (secondary N) is 1. The monoisotopic (exact) mass is 739 g/mol. The molecule has 0 amide bonds. The molecule has 23 heavy (non-hydrogen) atoms. The molecule has 0 aliphatic carbocycles. The molecule has 1 N–H and O–H groups in total. The first-order valence-corrected chi connectivity index (χ1v) is 6.96. The Hall–Kier alpha value is 0.261. The van der Waals surface area contributed by atoms with Crippen LogP contribution >= 0.6 is 11.6 Å². The van der Waals surface area contributed by atoms with Gasteiger partial charge < -0.3 is 29.7 Å². The summed E-state index contributed by atoms with van der Waals surface area (Å²) in [5.74, 6) is -0.133. The summed E-state index contributed by atoms with van der Waals surface area (Å²) in [7, 11) is 0. The van der Waals surface area contributed by atoms with Crippen LogP contribution in [0.5, 0.6) is 0 Å². The number of rotatable bonds is 3. The summed E-state index contributed by atoms with van der Waals surface area (Å²) in [6.07, 6.45) is 4.99. The molecule has 10 heteroatoms. The Morgan fingerprint density at radius 3 is 2.83 bits per heavy atom. The fourth-order valence-electron chi connectivity index (χ4n) is 2.28. The average Bonchev–Trinajstić information content (AvgIpc) is 2.83. The zero-order valence-electron chi connectivity index (χ0n) is 12.5. The van der Waals surface area contributed by atoms with E-state index in [9.17, 15) is 0 Å². The fraction of sp³-hybridized carbons (Fsp3) is 0.462. The van der Waals surface area contributed by atoms with Gasteiger partial charge in [0.25, 0.3) is 0 Å². The second-order valence-electron chi connectivity index (χ2n) is 4.99. The molecule has 1 aliphatic heterocycles. The van der Waals surface area contributed by atoms with Crippen molar-refractivity contribution in [2.24, 2.45) is 0 Å². The fourth-order valence-corrected chi connectivity index (χ4v) is 2.50. The van der Waals surface area contributed by atoms with Gasteiger partial charge in [-0.2, -0.15) is 13.8 Å². The molecule has 0 spiro atoms. The first kappa shape index (κ1) is 21.3. The molecule has 1 aliphatic rings. The molecule has 7 nitrogen and oxygen atoms in total. The summed E-state index contributed by atoms with van der Waals surface area (Å²) in [6, 6.07) is 0. The van der Waals surface area contributed by atoms with Crippen molar-refractivity contribution in [3.63, 3.8) is 0 Å². The van der Waals surface area contributed by atoms with Gasteiger partial charge in [0.2, 0.25) is 0 Å². The number of halogens is 1. The van der Waals surface area contributed by atoms with Crippen LogP contribution in [-0.2, 0) is 29.6 Å². The van der Waals surface area contributed by atoms with Crippen molar-refractivity contribution in [1.82, 2.24) is 19.5 Å². The van der Waals surface area contributed by atoms with Crippen LogP contribution in [0.2, 0.25) is 5.15 Å². The van der Waals surface area contributed by atoms with Gasteiger partial charge in [-0.3, -0.25) is 6.42 Å². The van der Waals surface area contributed by atoms with Crippen molar-refractivity contribution >= 4 is 28.7 Å². The van der Waals surface area contributed by atoms with Gasteiger partial charge in [-0.05, 0) is 0 Å². The Balaban J connectivity index is 0.00000132. The molecule has 0 aromatic carbocycles. The molecule has 3 heterocycles. The minimum Gasteiger partial charge on any atom is -0.570 e. The molecule has 0 saturated carbocycles. The minimum absolute atomic E-state index is 0. The smallest absolute Gasteiger partial charge is 0.570 e. The van der Waals surface area contributed by atoms with Crippen molar-refractivity contribution in [3.8, 4) is 0 Å². The van der Waals surface area contributed by atoms with Gasteiger partial charge >= 0.3 is 31.1 Å². The van der Waals surface area contributed by atoms with Crippen LogP contribution in [0.4, 0.5) is 5.95 Å². The predicted octanol–water partition coefficient (Wildman–Crippen LogP) is 3.24. The number of imidazole rings is 1. The zero-order chi connectivity index (χ0) is 15.0. The van der Waals surface area contributed by atoms with Crippen molar-refractivity contribution in [1.29, 1.82) is 0 Å². The Bertz CT molecular complexity index is 649. The van der Waals surface area contributed by atoms with E-state index in [0.29, 0.717) is 24.2 Å². The van der Waals surface area contributed by atoms with Crippen LogP contribution in [0, 0.1) is 43.6 Å². The maximum absolute atomic E-state index is 7.56. The van der Waals surface area contributed by atoms with Crippen molar-refractivity contribution in [2.75, 3.05) is 6.61 Å². The average molecular weight is 739 g/mol. The summed E-state index contributed by atoms with van der Waals surface area (Å²) in [6.45, 7) is 4.29. The third-order valence-electron chi connectivity index (χ3n) is 3.13. The van der Waals surface area contributed by atoms with Gasteiger partial charge in [0, 0.05) is 32.7 Å². The standard InChI is InChI=1S/C13H15ClN5O2.Ir.U/c1-7(2)21-8-3-4-9(20-5-8)19-6-16-10-11(14)17-13(15)18-12(10)19;;/h3,6,8-9H,4-5H2,1-2H3,(H-,15,17,18);;/q-3;;+2. The second-order valence-corrected chi connectivity index (χ2v) is 5.34. The van der Waals surface area contributed by atoms with E-state index in [2.05, 4.69) is 21.4 Å². The second kappa shape index (κ2) is 9.10. The normalized spacial score (nSPS) is 21.0. The zero-order valence-corrected chi connectivity index (χ0v) is 19.9. The largest absolute Gasteiger partial charge is 2.00 e. The molecule has 2 aromatic heterocycles. The van der Waals surface area contributed by atoms with E-state index in [4.69, 9.17) is 26.8 Å². The van der Waals surface area contributed by atoms with Gasteiger partial charge in [-0.1, -0.05) is 17.7 Å². The maximum atomic E-state index is 7.56. The molecule has 0 bridgehead atoms. The number of fused-ring (bicyclic) bond motifs is 1. The summed E-state index contributed by atoms with van der Waals surface area (Å²) in [4.78, 5) is 12.1. The van der Waals surface area contributed by atoms with E-state index in [-0.39, 0.29) is 74.7 Å². The number of ether oxygens (including phenoxy) is 2. The molecular formula is C13H15ClIrN5O2U-. The summed E-state index contributed by atoms with van der Waals surface area (Å²) in [5, 5.41) is 0.181. The SMILES string of the molecule is C[C-](C)OC1[CH-]CC(n2cnc3c(Cl)nc([NH-])nc32)OC1.[Ir].[U+2]. The third kappa shape index (κ3) is 4.88. The molecule has 2 atom stereocenters. The quantitative estimate of drug-likeness (QED) is 0.357. The topological polar surface area (TPSA) is 85.9 Å². The first-order valence-electron chi connectivity index (χ1n) is 6.58. The van der Waals surface area contributed by atoms with Crippen LogP contribution in [-0.4, -0.2) is 32.2 Å². The van der Waals surface area contributed by atoms with Gasteiger partial charge in [0.15, 0.2) is 0 Å². The molecular weight excluding hydrogens is 724 g/mol. The van der Waals surface area contributed by atoms with Crippen LogP contribution in [0.3, 0.4) is 0 Å². The minimum atomic E-state index is -0.225. The number of hydrogen-bond acceptors (Lipinski definition) is 5. The molecule has 1 fully saturated rings. The van der Waals surface area contributed by atoms with Crippen LogP contribution in [0.25, 0.3) is 16.9 Å². The van der Waals surface area contributed by atoms with E-state index >= 15 is 0 Å². The van der Waals surface area contributed by atoms with Crippen molar-refractivity contribution in [2.45, 2.75) is 32.6 Å². The predicted molar refractivity (Wildman–Crippen MR) is 77.7 cm³/mol. The number of hydrogen-bond donors (Lipinski definition) is 0. The Morgan fingerprint density at radius 2 is 2.22 bits per heavy atom. The third-order valence-corrected chi connectivity index (χ3v) is 3.39. The van der Waals surface area contributed by atoms with E-state index in [1.54, 1.807) is 10.9 Å². The first-order chi connectivity index (χ1) is 10.0. The molecule has 1 radical (unpaired) electrons. The van der Waals surface area contributed by atoms with Gasteiger partial charge in [-0.25, -0.2) is 11.1 Å². The van der Waals surface area contributed by atoms with E-state index < -0.39 is 0 Å². The van der Waals surface area contributed by atoms with Gasteiger partial charge in [0.1, 0.15) is 11.7 Å². The summed E-state index contributed by atoms with van der Waals surface area (Å²) >= 11 is 5.98. The molecule has 2 aromatic rings. The molecule has 2 unspecified atom stereocenters. The molecule has 1 saturated heterocycles. The number of nitrogens with zero attached hydrogens (tertiary/aromatic N) is 4. The van der Waals surface area contributed by atoms with E-state index in [1.807, 2.05) is 13.8 Å². The van der Waals surface area contributed by atoms with Gasteiger partial charge in [0.05, 0.1) is 17.1 Å². The number of aromatic nitrogens is 4. The Morgan fingerprint density at radius 1 is 1.48 bits per heavy atom. The van der Waals surface area contributed by atoms with Crippen LogP contribution < -0.4 is 0 Å².